The van der Waals surface area contributed by atoms with Crippen LogP contribution in [0.25, 0.3) is 0 Å². The molecule has 0 fully saturated rings. The molecule has 0 aliphatic carbocycles. The van der Waals surface area contributed by atoms with Crippen LogP contribution in [0, 0.1) is 0 Å². The molecule has 5 nitrogen and oxygen atoms in total. The van der Waals surface area contributed by atoms with E-state index in [2.05, 4.69) is 39.4 Å². The Bertz CT molecular complexity index is 633. The Hall–Kier alpha value is -1.48. The zero-order chi connectivity index (χ0) is 16.5. The SMILES string of the molecule is CCNC(=NCc1ccsc1)NCc1ccc(OC)cc1OC.I. The fourth-order valence-corrected chi connectivity index (χ4v) is 2.73. The quantitative estimate of drug-likeness (QED) is 0.376. The summed E-state index contributed by atoms with van der Waals surface area (Å²) in [5.41, 5.74) is 2.27. The third-order valence-electron chi connectivity index (χ3n) is 3.28. The molecule has 2 rings (SSSR count). The Morgan fingerprint density at radius 1 is 1.17 bits per heavy atom. The van der Waals surface area contributed by atoms with Crippen LogP contribution in [0.15, 0.2) is 40.0 Å². The van der Waals surface area contributed by atoms with Crippen LogP contribution >= 0.6 is 35.3 Å². The van der Waals surface area contributed by atoms with Gasteiger partial charge in [-0.05, 0) is 41.4 Å². The third kappa shape index (κ3) is 6.20. The van der Waals surface area contributed by atoms with Crippen molar-refractivity contribution < 1.29 is 9.47 Å². The second kappa shape index (κ2) is 11.1. The first-order valence-electron chi connectivity index (χ1n) is 7.51. The topological polar surface area (TPSA) is 54.9 Å². The van der Waals surface area contributed by atoms with E-state index in [1.54, 1.807) is 25.6 Å². The predicted octanol–water partition coefficient (Wildman–Crippen LogP) is 3.64. The number of benzene rings is 1. The van der Waals surface area contributed by atoms with E-state index in [0.717, 1.165) is 29.6 Å². The van der Waals surface area contributed by atoms with E-state index >= 15 is 0 Å². The first-order valence-corrected chi connectivity index (χ1v) is 8.45. The van der Waals surface area contributed by atoms with Gasteiger partial charge in [0.25, 0.3) is 0 Å². The van der Waals surface area contributed by atoms with Gasteiger partial charge in [0.05, 0.1) is 20.8 Å². The number of thiophene rings is 1. The molecule has 24 heavy (non-hydrogen) atoms. The van der Waals surface area contributed by atoms with Crippen LogP contribution in [-0.2, 0) is 13.1 Å². The van der Waals surface area contributed by atoms with Gasteiger partial charge >= 0.3 is 0 Å². The van der Waals surface area contributed by atoms with E-state index in [9.17, 15) is 0 Å². The van der Waals surface area contributed by atoms with Gasteiger partial charge in [0.15, 0.2) is 5.96 Å². The molecule has 0 aliphatic heterocycles. The maximum Gasteiger partial charge on any atom is 0.191 e. The van der Waals surface area contributed by atoms with Crippen molar-refractivity contribution >= 4 is 41.3 Å². The summed E-state index contributed by atoms with van der Waals surface area (Å²) in [5, 5.41) is 10.8. The summed E-state index contributed by atoms with van der Waals surface area (Å²) in [4.78, 5) is 4.60. The molecule has 0 aliphatic rings. The van der Waals surface area contributed by atoms with E-state index in [0.29, 0.717) is 13.1 Å². The number of rotatable bonds is 7. The number of ether oxygens (including phenoxy) is 2. The first kappa shape index (κ1) is 20.6. The number of nitrogens with one attached hydrogen (secondary N) is 2. The molecule has 0 bridgehead atoms. The Morgan fingerprint density at radius 3 is 2.62 bits per heavy atom. The zero-order valence-corrected chi connectivity index (χ0v) is 17.3. The Labute approximate surface area is 164 Å². The fourth-order valence-electron chi connectivity index (χ4n) is 2.07. The van der Waals surface area contributed by atoms with Crippen LogP contribution in [0.4, 0.5) is 0 Å². The molecule has 2 aromatic rings. The number of nitrogens with zero attached hydrogens (tertiary/aromatic N) is 1. The normalized spacial score (nSPS) is 10.7. The van der Waals surface area contributed by atoms with Gasteiger partial charge in [-0.3, -0.25) is 0 Å². The summed E-state index contributed by atoms with van der Waals surface area (Å²) in [6.45, 7) is 4.16. The van der Waals surface area contributed by atoms with Gasteiger partial charge in [-0.2, -0.15) is 11.3 Å². The van der Waals surface area contributed by atoms with Crippen molar-refractivity contribution in [2.75, 3.05) is 20.8 Å². The largest absolute Gasteiger partial charge is 0.497 e. The van der Waals surface area contributed by atoms with Gasteiger partial charge in [0.1, 0.15) is 11.5 Å². The monoisotopic (exact) mass is 461 g/mol. The molecule has 0 saturated heterocycles. The molecule has 1 heterocycles. The number of hydrogen-bond acceptors (Lipinski definition) is 4. The summed E-state index contributed by atoms with van der Waals surface area (Å²) in [6, 6.07) is 7.89. The number of halogens is 1. The van der Waals surface area contributed by atoms with E-state index in [4.69, 9.17) is 9.47 Å². The molecule has 1 aromatic heterocycles. The maximum atomic E-state index is 5.42. The van der Waals surface area contributed by atoms with Crippen molar-refractivity contribution in [3.63, 3.8) is 0 Å². The van der Waals surface area contributed by atoms with Crippen molar-refractivity contribution in [2.24, 2.45) is 4.99 Å². The minimum atomic E-state index is 0. The highest BCUT2D eigenvalue weighted by atomic mass is 127. The minimum absolute atomic E-state index is 0. The van der Waals surface area contributed by atoms with Gasteiger partial charge in [-0.25, -0.2) is 4.99 Å². The molecule has 0 saturated carbocycles. The molecule has 0 amide bonds. The van der Waals surface area contributed by atoms with Crippen LogP contribution < -0.4 is 20.1 Å². The average Bonchev–Trinajstić information content (AvgIpc) is 3.10. The lowest BCUT2D eigenvalue weighted by molar-refractivity contribution is 0.390. The van der Waals surface area contributed by atoms with E-state index in [1.165, 1.54) is 5.56 Å². The van der Waals surface area contributed by atoms with E-state index in [-0.39, 0.29) is 24.0 Å². The van der Waals surface area contributed by atoms with Crippen molar-refractivity contribution in [2.45, 2.75) is 20.0 Å². The molecule has 0 radical (unpaired) electrons. The fraction of sp³-hybridized carbons (Fsp3) is 0.353. The number of guanidine groups is 1. The molecule has 7 heteroatoms. The predicted molar refractivity (Wildman–Crippen MR) is 111 cm³/mol. The van der Waals surface area contributed by atoms with Crippen LogP contribution in [0.2, 0.25) is 0 Å². The number of hydrogen-bond donors (Lipinski definition) is 2. The summed E-state index contributed by atoms with van der Waals surface area (Å²) >= 11 is 1.68. The number of methoxy groups -OCH3 is 2. The molecule has 0 unspecified atom stereocenters. The van der Waals surface area contributed by atoms with Gasteiger partial charge < -0.3 is 20.1 Å². The van der Waals surface area contributed by atoms with Crippen LogP contribution in [0.3, 0.4) is 0 Å². The molecule has 0 atom stereocenters. The lowest BCUT2D eigenvalue weighted by atomic mass is 10.2. The summed E-state index contributed by atoms with van der Waals surface area (Å²) in [6.07, 6.45) is 0. The van der Waals surface area contributed by atoms with Gasteiger partial charge in [0, 0.05) is 24.7 Å². The molecule has 0 spiro atoms. The molecule has 1 aromatic carbocycles. The molecule has 132 valence electrons. The second-order valence-electron chi connectivity index (χ2n) is 4.86. The Balaban J connectivity index is 0.00000288. The number of aliphatic imine (C=N–C) groups is 1. The summed E-state index contributed by atoms with van der Waals surface area (Å²) in [5.74, 6) is 2.37. The van der Waals surface area contributed by atoms with Gasteiger partial charge in [0.2, 0.25) is 0 Å². The molecular formula is C17H24IN3O2S. The zero-order valence-electron chi connectivity index (χ0n) is 14.2. The van der Waals surface area contributed by atoms with Crippen molar-refractivity contribution in [3.8, 4) is 11.5 Å². The first-order chi connectivity index (χ1) is 11.3. The third-order valence-corrected chi connectivity index (χ3v) is 4.02. The molecule has 2 N–H and O–H groups in total. The van der Waals surface area contributed by atoms with E-state index < -0.39 is 0 Å². The van der Waals surface area contributed by atoms with Gasteiger partial charge in [-0.15, -0.1) is 24.0 Å². The van der Waals surface area contributed by atoms with Crippen molar-refractivity contribution in [3.05, 3.63) is 46.2 Å². The van der Waals surface area contributed by atoms with Crippen LogP contribution in [0.1, 0.15) is 18.1 Å². The Kier molecular flexibility index (Phi) is 9.55. The lowest BCUT2D eigenvalue weighted by Gasteiger charge is -2.14. The highest BCUT2D eigenvalue weighted by Gasteiger charge is 2.06. The van der Waals surface area contributed by atoms with Crippen LogP contribution in [-0.4, -0.2) is 26.7 Å². The highest BCUT2D eigenvalue weighted by Crippen LogP contribution is 2.24. The lowest BCUT2D eigenvalue weighted by Crippen LogP contribution is -2.36. The second-order valence-corrected chi connectivity index (χ2v) is 5.64. The maximum absolute atomic E-state index is 5.42. The van der Waals surface area contributed by atoms with Gasteiger partial charge in [-0.1, -0.05) is 0 Å². The average molecular weight is 461 g/mol. The summed E-state index contributed by atoms with van der Waals surface area (Å²) < 4.78 is 10.6. The standard InChI is InChI=1S/C17H23N3O2S.HI/c1-4-18-17(19-10-13-7-8-23-12-13)20-11-14-5-6-15(21-2)9-16(14)22-3;/h5-9,12H,4,10-11H2,1-3H3,(H2,18,19,20);1H. The van der Waals surface area contributed by atoms with Crippen molar-refractivity contribution in [1.82, 2.24) is 10.6 Å². The molecular weight excluding hydrogens is 437 g/mol. The Morgan fingerprint density at radius 2 is 2.00 bits per heavy atom. The van der Waals surface area contributed by atoms with Crippen molar-refractivity contribution in [1.29, 1.82) is 0 Å². The van der Waals surface area contributed by atoms with E-state index in [1.807, 2.05) is 18.2 Å². The summed E-state index contributed by atoms with van der Waals surface area (Å²) in [7, 11) is 3.31. The highest BCUT2D eigenvalue weighted by molar-refractivity contribution is 14.0. The minimum Gasteiger partial charge on any atom is -0.497 e. The van der Waals surface area contributed by atoms with Crippen LogP contribution in [0.5, 0.6) is 11.5 Å². The smallest absolute Gasteiger partial charge is 0.191 e.